The minimum Gasteiger partial charge on any atom is -0.398 e. The summed E-state index contributed by atoms with van der Waals surface area (Å²) in [4.78, 5) is 28.9. The summed E-state index contributed by atoms with van der Waals surface area (Å²) in [5.41, 5.74) is 8.59. The molecule has 2 N–H and O–H groups in total. The molecular formula is C18H24ClN3O4S. The smallest absolute Gasteiger partial charge is 0.232 e. The van der Waals surface area contributed by atoms with Gasteiger partial charge < -0.3 is 15.5 Å². The van der Waals surface area contributed by atoms with E-state index in [1.165, 1.54) is 0 Å². The molecule has 0 aliphatic carbocycles. The second-order valence-corrected chi connectivity index (χ2v) is 9.67. The van der Waals surface area contributed by atoms with Crippen LogP contribution in [0.4, 0.5) is 11.4 Å². The van der Waals surface area contributed by atoms with E-state index in [-0.39, 0.29) is 48.2 Å². The Balaban J connectivity index is 0.00000210. The van der Waals surface area contributed by atoms with Gasteiger partial charge in [-0.15, -0.1) is 12.4 Å². The van der Waals surface area contributed by atoms with E-state index in [1.54, 1.807) is 9.80 Å². The molecule has 0 aromatic heterocycles. The highest BCUT2D eigenvalue weighted by Crippen LogP contribution is 2.34. The number of rotatable bonds is 2. The van der Waals surface area contributed by atoms with E-state index in [0.29, 0.717) is 25.2 Å². The molecule has 7 nitrogen and oxygen atoms in total. The summed E-state index contributed by atoms with van der Waals surface area (Å²) in [6.07, 6.45) is 2.32. The number of likely N-dealkylation sites (tertiary alicyclic amines) is 1. The van der Waals surface area contributed by atoms with Gasteiger partial charge in [0.1, 0.15) is 0 Å². The van der Waals surface area contributed by atoms with Crippen LogP contribution in [0.2, 0.25) is 0 Å². The van der Waals surface area contributed by atoms with Gasteiger partial charge in [-0.2, -0.15) is 0 Å². The molecule has 0 spiro atoms. The lowest BCUT2D eigenvalue weighted by molar-refractivity contribution is -0.129. The number of fused-ring (bicyclic) bond motifs is 1. The maximum Gasteiger partial charge on any atom is 0.232 e. The molecule has 3 heterocycles. The Morgan fingerprint density at radius 1 is 1.26 bits per heavy atom. The van der Waals surface area contributed by atoms with Crippen LogP contribution in [0.5, 0.6) is 0 Å². The van der Waals surface area contributed by atoms with E-state index in [9.17, 15) is 18.0 Å². The van der Waals surface area contributed by atoms with Crippen LogP contribution in [-0.4, -0.2) is 55.8 Å². The van der Waals surface area contributed by atoms with Gasteiger partial charge in [0.25, 0.3) is 0 Å². The fourth-order valence-corrected chi connectivity index (χ4v) is 6.10. The molecule has 2 amide bonds. The van der Waals surface area contributed by atoms with Crippen molar-refractivity contribution in [2.45, 2.75) is 31.7 Å². The molecule has 2 atom stereocenters. The Morgan fingerprint density at radius 3 is 2.74 bits per heavy atom. The Hall–Kier alpha value is -1.80. The van der Waals surface area contributed by atoms with Crippen molar-refractivity contribution in [1.29, 1.82) is 0 Å². The number of sulfone groups is 1. The van der Waals surface area contributed by atoms with E-state index in [0.717, 1.165) is 24.1 Å². The van der Waals surface area contributed by atoms with Crippen LogP contribution in [0.1, 0.15) is 24.8 Å². The summed E-state index contributed by atoms with van der Waals surface area (Å²) in [6, 6.07) is 5.30. The molecule has 1 aromatic carbocycles. The minimum atomic E-state index is -3.06. The van der Waals surface area contributed by atoms with Gasteiger partial charge >= 0.3 is 0 Å². The fraction of sp³-hybridized carbons (Fsp3) is 0.556. The number of amides is 2. The van der Waals surface area contributed by atoms with Crippen LogP contribution in [0.3, 0.4) is 0 Å². The lowest BCUT2D eigenvalue weighted by Gasteiger charge is -2.32. The molecule has 0 radical (unpaired) electrons. The van der Waals surface area contributed by atoms with E-state index in [1.807, 2.05) is 18.2 Å². The van der Waals surface area contributed by atoms with E-state index in [2.05, 4.69) is 0 Å². The Morgan fingerprint density at radius 2 is 2.04 bits per heavy atom. The van der Waals surface area contributed by atoms with Crippen molar-refractivity contribution in [2.24, 2.45) is 5.92 Å². The van der Waals surface area contributed by atoms with Crippen molar-refractivity contribution in [3.05, 3.63) is 23.8 Å². The molecule has 148 valence electrons. The highest BCUT2D eigenvalue weighted by atomic mass is 35.5. The highest BCUT2D eigenvalue weighted by molar-refractivity contribution is 7.91. The van der Waals surface area contributed by atoms with E-state index in [4.69, 9.17) is 5.73 Å². The third-order valence-corrected chi connectivity index (χ3v) is 7.46. The number of nitrogens with zero attached hydrogens (tertiary/aromatic N) is 2. The van der Waals surface area contributed by atoms with Crippen molar-refractivity contribution >= 4 is 45.4 Å². The SMILES string of the molecule is Cl.Nc1cccc2c1CCCN2C(=O)C1CC(=O)N(C2CCS(=O)(=O)C2)C1. The van der Waals surface area contributed by atoms with Crippen molar-refractivity contribution in [2.75, 3.05) is 35.2 Å². The first-order valence-electron chi connectivity index (χ1n) is 9.04. The molecule has 3 aliphatic rings. The zero-order chi connectivity index (χ0) is 18.5. The zero-order valence-electron chi connectivity index (χ0n) is 15.0. The molecule has 1 aromatic rings. The van der Waals surface area contributed by atoms with Gasteiger partial charge in [-0.3, -0.25) is 9.59 Å². The van der Waals surface area contributed by atoms with Crippen LogP contribution in [-0.2, 0) is 25.8 Å². The first-order valence-corrected chi connectivity index (χ1v) is 10.9. The lowest BCUT2D eigenvalue weighted by atomic mass is 9.97. The molecule has 3 aliphatic heterocycles. The Kier molecular flexibility index (Phi) is 5.40. The summed E-state index contributed by atoms with van der Waals surface area (Å²) >= 11 is 0. The second-order valence-electron chi connectivity index (χ2n) is 7.44. The minimum absolute atomic E-state index is 0. The van der Waals surface area contributed by atoms with Gasteiger partial charge in [-0.25, -0.2) is 8.42 Å². The van der Waals surface area contributed by atoms with Gasteiger partial charge in [-0.1, -0.05) is 6.07 Å². The molecule has 2 fully saturated rings. The number of carbonyl (C=O) groups excluding carboxylic acids is 2. The van der Waals surface area contributed by atoms with Crippen molar-refractivity contribution < 1.29 is 18.0 Å². The normalized spacial score (nSPS) is 26.6. The summed E-state index contributed by atoms with van der Waals surface area (Å²) < 4.78 is 23.4. The summed E-state index contributed by atoms with van der Waals surface area (Å²) in [7, 11) is -3.06. The van der Waals surface area contributed by atoms with Gasteiger partial charge in [0, 0.05) is 36.9 Å². The molecule has 4 rings (SSSR count). The molecule has 9 heteroatoms. The third kappa shape index (κ3) is 3.65. The summed E-state index contributed by atoms with van der Waals surface area (Å²) in [6.45, 7) is 0.934. The molecule has 2 unspecified atom stereocenters. The number of nitrogen functional groups attached to an aromatic ring is 1. The van der Waals surface area contributed by atoms with Gasteiger partial charge in [0.2, 0.25) is 11.8 Å². The molecular weight excluding hydrogens is 390 g/mol. The number of hydrogen-bond acceptors (Lipinski definition) is 5. The first kappa shape index (κ1) is 19.9. The van der Waals surface area contributed by atoms with Crippen molar-refractivity contribution in [3.8, 4) is 0 Å². The third-order valence-electron chi connectivity index (χ3n) is 5.71. The maximum atomic E-state index is 13.1. The zero-order valence-corrected chi connectivity index (χ0v) is 16.6. The van der Waals surface area contributed by atoms with Crippen LogP contribution in [0.15, 0.2) is 18.2 Å². The number of nitrogens with two attached hydrogens (primary N) is 1. The predicted molar refractivity (Wildman–Crippen MR) is 106 cm³/mol. The molecule has 2 saturated heterocycles. The number of carbonyl (C=O) groups is 2. The average molecular weight is 414 g/mol. The largest absolute Gasteiger partial charge is 0.398 e. The monoisotopic (exact) mass is 413 g/mol. The van der Waals surface area contributed by atoms with Crippen LogP contribution < -0.4 is 10.6 Å². The standard InChI is InChI=1S/C18H23N3O4S.ClH/c19-15-4-1-5-16-14(15)3-2-7-20(16)18(23)12-9-17(22)21(10-12)13-6-8-26(24,25)11-13;/h1,4-5,12-13H,2-3,6-11,19H2;1H. The van der Waals surface area contributed by atoms with Crippen LogP contribution >= 0.6 is 12.4 Å². The van der Waals surface area contributed by atoms with Gasteiger partial charge in [0.15, 0.2) is 9.84 Å². The lowest BCUT2D eigenvalue weighted by Crippen LogP contribution is -2.42. The topological polar surface area (TPSA) is 101 Å². The fourth-order valence-electron chi connectivity index (χ4n) is 4.37. The molecule has 27 heavy (non-hydrogen) atoms. The van der Waals surface area contributed by atoms with Gasteiger partial charge in [-0.05, 0) is 37.0 Å². The number of halogens is 1. The Bertz CT molecular complexity index is 873. The second kappa shape index (κ2) is 7.31. The van der Waals surface area contributed by atoms with Crippen LogP contribution in [0.25, 0.3) is 0 Å². The molecule has 0 bridgehead atoms. The molecule has 0 saturated carbocycles. The first-order chi connectivity index (χ1) is 12.4. The average Bonchev–Trinajstić information content (AvgIpc) is 3.16. The van der Waals surface area contributed by atoms with E-state index >= 15 is 0 Å². The summed E-state index contributed by atoms with van der Waals surface area (Å²) in [5, 5.41) is 0. The Labute approximate surface area is 165 Å². The number of benzene rings is 1. The number of hydrogen-bond donors (Lipinski definition) is 1. The van der Waals surface area contributed by atoms with Crippen molar-refractivity contribution in [3.63, 3.8) is 0 Å². The van der Waals surface area contributed by atoms with Crippen molar-refractivity contribution in [1.82, 2.24) is 4.90 Å². The van der Waals surface area contributed by atoms with Gasteiger partial charge in [0.05, 0.1) is 17.4 Å². The number of anilines is 2. The maximum absolute atomic E-state index is 13.1. The predicted octanol–water partition coefficient (Wildman–Crippen LogP) is 1.01. The highest BCUT2D eigenvalue weighted by Gasteiger charge is 2.43. The quantitative estimate of drug-likeness (QED) is 0.729. The van der Waals surface area contributed by atoms with Crippen LogP contribution in [0, 0.1) is 5.92 Å². The summed E-state index contributed by atoms with van der Waals surface area (Å²) in [5.74, 6) is -0.455. The van der Waals surface area contributed by atoms with E-state index < -0.39 is 15.8 Å².